The second-order valence-electron chi connectivity index (χ2n) is 3.96. The summed E-state index contributed by atoms with van der Waals surface area (Å²) in [5, 5.41) is 4.95. The summed E-state index contributed by atoms with van der Waals surface area (Å²) in [6, 6.07) is 12.3. The smallest absolute Gasteiger partial charge is 0.101 e. The van der Waals surface area contributed by atoms with Gasteiger partial charge in [-0.05, 0) is 43.8 Å². The molecule has 0 aliphatic heterocycles. The average molecular weight is 279 g/mol. The quantitative estimate of drug-likeness (QED) is 0.909. The lowest BCUT2D eigenvalue weighted by Crippen LogP contribution is -2.12. The van der Waals surface area contributed by atoms with Gasteiger partial charge in [0.05, 0.1) is 0 Å². The summed E-state index contributed by atoms with van der Waals surface area (Å²) in [5.74, 6) is 0. The molecule has 1 aromatic heterocycles. The van der Waals surface area contributed by atoms with Crippen LogP contribution in [0, 0.1) is 0 Å². The minimum Gasteiger partial charge on any atom is -0.313 e. The van der Waals surface area contributed by atoms with Gasteiger partial charge >= 0.3 is 0 Å². The maximum Gasteiger partial charge on any atom is 0.101 e. The molecule has 18 heavy (non-hydrogen) atoms. The van der Waals surface area contributed by atoms with Crippen molar-refractivity contribution in [1.82, 2.24) is 10.3 Å². The molecule has 0 aliphatic carbocycles. The van der Waals surface area contributed by atoms with E-state index < -0.39 is 0 Å². The van der Waals surface area contributed by atoms with E-state index in [0.29, 0.717) is 0 Å². The van der Waals surface area contributed by atoms with Gasteiger partial charge in [-0.2, -0.15) is 0 Å². The third kappa shape index (κ3) is 3.25. The molecule has 0 spiro atoms. The molecule has 4 heteroatoms. The average Bonchev–Trinajstić information content (AvgIpc) is 2.39. The van der Waals surface area contributed by atoms with Crippen molar-refractivity contribution in [2.24, 2.45) is 0 Å². The molecule has 1 atom stereocenters. The van der Waals surface area contributed by atoms with Gasteiger partial charge in [0.25, 0.3) is 0 Å². The number of pyridine rings is 1. The largest absolute Gasteiger partial charge is 0.313 e. The Hall–Kier alpha value is -1.03. The van der Waals surface area contributed by atoms with E-state index in [-0.39, 0.29) is 6.04 Å². The van der Waals surface area contributed by atoms with Crippen LogP contribution in [0.2, 0.25) is 5.02 Å². The van der Waals surface area contributed by atoms with Gasteiger partial charge in [-0.3, -0.25) is 0 Å². The maximum atomic E-state index is 6.30. The zero-order valence-electron chi connectivity index (χ0n) is 10.4. The number of nitrogens with one attached hydrogen (secondary N) is 1. The monoisotopic (exact) mass is 278 g/mol. The first-order chi connectivity index (χ1) is 8.70. The van der Waals surface area contributed by atoms with Crippen molar-refractivity contribution in [2.75, 3.05) is 7.05 Å². The highest BCUT2D eigenvalue weighted by molar-refractivity contribution is 7.99. The molecule has 0 radical (unpaired) electrons. The molecule has 2 nitrogen and oxygen atoms in total. The van der Waals surface area contributed by atoms with Gasteiger partial charge in [0.1, 0.15) is 5.03 Å². The molecule has 0 saturated heterocycles. The maximum absolute atomic E-state index is 6.30. The van der Waals surface area contributed by atoms with Crippen molar-refractivity contribution in [1.29, 1.82) is 0 Å². The molecule has 0 fully saturated rings. The summed E-state index contributed by atoms with van der Waals surface area (Å²) in [6.45, 7) is 2.09. The van der Waals surface area contributed by atoms with E-state index in [1.807, 2.05) is 31.3 Å². The molecule has 1 heterocycles. The lowest BCUT2D eigenvalue weighted by Gasteiger charge is -2.13. The number of nitrogens with zero attached hydrogens (tertiary/aromatic N) is 1. The first-order valence-electron chi connectivity index (χ1n) is 5.76. The zero-order valence-corrected chi connectivity index (χ0v) is 11.9. The van der Waals surface area contributed by atoms with Crippen LogP contribution in [0.3, 0.4) is 0 Å². The van der Waals surface area contributed by atoms with Gasteiger partial charge < -0.3 is 5.32 Å². The van der Waals surface area contributed by atoms with Crippen LogP contribution in [0.25, 0.3) is 0 Å². The summed E-state index contributed by atoms with van der Waals surface area (Å²) in [4.78, 5) is 5.39. The Kier molecular flexibility index (Phi) is 4.64. The molecule has 0 amide bonds. The van der Waals surface area contributed by atoms with Crippen LogP contribution in [0.5, 0.6) is 0 Å². The molecule has 0 saturated carbocycles. The van der Waals surface area contributed by atoms with Crippen LogP contribution >= 0.6 is 23.4 Å². The fourth-order valence-electron chi connectivity index (χ4n) is 1.61. The minimum absolute atomic E-state index is 0.256. The van der Waals surface area contributed by atoms with Gasteiger partial charge in [-0.25, -0.2) is 4.98 Å². The molecule has 94 valence electrons. The van der Waals surface area contributed by atoms with Crippen molar-refractivity contribution in [3.63, 3.8) is 0 Å². The first-order valence-corrected chi connectivity index (χ1v) is 6.95. The molecule has 1 aromatic carbocycles. The lowest BCUT2D eigenvalue weighted by molar-refractivity contribution is 0.652. The Labute approximate surface area is 117 Å². The lowest BCUT2D eigenvalue weighted by atomic mass is 10.1. The number of halogens is 1. The Morgan fingerprint density at radius 2 is 2.11 bits per heavy atom. The number of hydrogen-bond donors (Lipinski definition) is 1. The predicted octanol–water partition coefficient (Wildman–Crippen LogP) is 4.17. The SMILES string of the molecule is CNC(C)c1ccc(Sc2ccccn2)cc1Cl. The second kappa shape index (κ2) is 6.23. The normalized spacial score (nSPS) is 12.4. The molecular formula is C14H15ClN2S. The minimum atomic E-state index is 0.256. The Morgan fingerprint density at radius 3 is 2.72 bits per heavy atom. The van der Waals surface area contributed by atoms with E-state index in [2.05, 4.69) is 29.4 Å². The van der Waals surface area contributed by atoms with Gasteiger partial charge in [-0.1, -0.05) is 35.5 Å². The summed E-state index contributed by atoms with van der Waals surface area (Å²) in [6.07, 6.45) is 1.79. The van der Waals surface area contributed by atoms with Crippen LogP contribution < -0.4 is 5.32 Å². The zero-order chi connectivity index (χ0) is 13.0. The molecule has 2 rings (SSSR count). The van der Waals surface area contributed by atoms with E-state index in [9.17, 15) is 0 Å². The first kappa shape index (κ1) is 13.4. The van der Waals surface area contributed by atoms with E-state index in [0.717, 1.165) is 20.5 Å². The highest BCUT2D eigenvalue weighted by Gasteiger charge is 2.08. The van der Waals surface area contributed by atoms with E-state index >= 15 is 0 Å². The number of hydrogen-bond acceptors (Lipinski definition) is 3. The molecular weight excluding hydrogens is 264 g/mol. The van der Waals surface area contributed by atoms with Crippen molar-refractivity contribution in [3.8, 4) is 0 Å². The highest BCUT2D eigenvalue weighted by Crippen LogP contribution is 2.31. The van der Waals surface area contributed by atoms with Crippen molar-refractivity contribution >= 4 is 23.4 Å². The Morgan fingerprint density at radius 1 is 1.28 bits per heavy atom. The summed E-state index contributed by atoms with van der Waals surface area (Å²) in [5.41, 5.74) is 1.12. The summed E-state index contributed by atoms with van der Waals surface area (Å²) in [7, 11) is 1.93. The van der Waals surface area contributed by atoms with Gasteiger partial charge in [-0.15, -0.1) is 0 Å². The van der Waals surface area contributed by atoms with Crippen molar-refractivity contribution < 1.29 is 0 Å². The van der Waals surface area contributed by atoms with Gasteiger partial charge in [0.15, 0.2) is 0 Å². The summed E-state index contributed by atoms with van der Waals surface area (Å²) < 4.78 is 0. The molecule has 2 aromatic rings. The predicted molar refractivity (Wildman–Crippen MR) is 77.3 cm³/mol. The molecule has 0 bridgehead atoms. The van der Waals surface area contributed by atoms with Crippen LogP contribution in [-0.2, 0) is 0 Å². The van der Waals surface area contributed by atoms with Crippen LogP contribution in [-0.4, -0.2) is 12.0 Å². The Balaban J connectivity index is 2.19. The van der Waals surface area contributed by atoms with Crippen LogP contribution in [0.4, 0.5) is 0 Å². The van der Waals surface area contributed by atoms with Crippen LogP contribution in [0.15, 0.2) is 52.5 Å². The highest BCUT2D eigenvalue weighted by atomic mass is 35.5. The number of aromatic nitrogens is 1. The van der Waals surface area contributed by atoms with E-state index in [1.165, 1.54) is 0 Å². The number of benzene rings is 1. The molecule has 1 unspecified atom stereocenters. The van der Waals surface area contributed by atoms with Crippen molar-refractivity contribution in [2.45, 2.75) is 22.9 Å². The molecule has 0 aliphatic rings. The van der Waals surface area contributed by atoms with Gasteiger partial charge in [0, 0.05) is 22.2 Å². The Bertz CT molecular complexity index is 516. The molecule has 1 N–H and O–H groups in total. The van der Waals surface area contributed by atoms with Gasteiger partial charge in [0.2, 0.25) is 0 Å². The summed E-state index contributed by atoms with van der Waals surface area (Å²) >= 11 is 7.91. The third-order valence-electron chi connectivity index (χ3n) is 2.73. The van der Waals surface area contributed by atoms with E-state index in [1.54, 1.807) is 18.0 Å². The second-order valence-corrected chi connectivity index (χ2v) is 5.46. The third-order valence-corrected chi connectivity index (χ3v) is 4.00. The number of rotatable bonds is 4. The fourth-order valence-corrected chi connectivity index (χ4v) is 2.83. The fraction of sp³-hybridized carbons (Fsp3) is 0.214. The topological polar surface area (TPSA) is 24.9 Å². The van der Waals surface area contributed by atoms with Crippen molar-refractivity contribution in [3.05, 3.63) is 53.2 Å². The standard InChI is InChI=1S/C14H15ClN2S/c1-10(16-2)12-7-6-11(9-13(12)15)18-14-5-3-4-8-17-14/h3-10,16H,1-2H3. The van der Waals surface area contributed by atoms with Crippen LogP contribution in [0.1, 0.15) is 18.5 Å². The van der Waals surface area contributed by atoms with E-state index in [4.69, 9.17) is 11.6 Å².